The molecule has 0 aromatic carbocycles. The third-order valence-electron chi connectivity index (χ3n) is 2.62. The molecule has 0 atom stereocenters. The summed E-state index contributed by atoms with van der Waals surface area (Å²) in [6, 6.07) is 0.417. The van der Waals surface area contributed by atoms with Crippen LogP contribution in [0, 0.1) is 0 Å². The second-order valence-corrected chi connectivity index (χ2v) is 4.87. The predicted octanol–water partition coefficient (Wildman–Crippen LogP) is 0.950. The van der Waals surface area contributed by atoms with Crippen LogP contribution in [-0.4, -0.2) is 49.0 Å². The lowest BCUT2D eigenvalue weighted by molar-refractivity contribution is -0.121. The number of rotatable bonds is 4. The molecular weight excluding hydrogens is 196 g/mol. The number of hydrogen-bond donors (Lipinski definition) is 1. The quantitative estimate of drug-likeness (QED) is 0.759. The van der Waals surface area contributed by atoms with Crippen molar-refractivity contribution in [3.8, 4) is 0 Å². The molecule has 1 fully saturated rings. The fraction of sp³-hybridized carbons (Fsp3) is 0.900. The molecule has 1 saturated heterocycles. The smallest absolute Gasteiger partial charge is 0.221 e. The minimum absolute atomic E-state index is 0.217. The molecule has 1 N–H and O–H groups in total. The van der Waals surface area contributed by atoms with Crippen molar-refractivity contribution in [3.05, 3.63) is 0 Å². The highest BCUT2D eigenvalue weighted by Crippen LogP contribution is 2.08. The molecule has 0 bridgehead atoms. The van der Waals surface area contributed by atoms with Gasteiger partial charge in [-0.3, -0.25) is 4.79 Å². The van der Waals surface area contributed by atoms with Crippen molar-refractivity contribution in [2.24, 2.45) is 0 Å². The largest absolute Gasteiger partial charge is 0.353 e. The summed E-state index contributed by atoms with van der Waals surface area (Å²) in [6.45, 7) is 2.21. The van der Waals surface area contributed by atoms with E-state index in [1.54, 1.807) is 11.8 Å². The van der Waals surface area contributed by atoms with Gasteiger partial charge in [0.05, 0.1) is 0 Å². The zero-order valence-corrected chi connectivity index (χ0v) is 9.90. The van der Waals surface area contributed by atoms with Crippen molar-refractivity contribution >= 4 is 17.7 Å². The summed E-state index contributed by atoms with van der Waals surface area (Å²) >= 11 is 1.72. The Balaban J connectivity index is 2.14. The minimum atomic E-state index is 0.217. The maximum absolute atomic E-state index is 11.4. The number of nitrogens with one attached hydrogen (secondary N) is 1. The number of hydrogen-bond acceptors (Lipinski definition) is 3. The molecule has 0 aromatic rings. The Morgan fingerprint density at radius 3 is 2.71 bits per heavy atom. The first-order valence-electron chi connectivity index (χ1n) is 5.19. The van der Waals surface area contributed by atoms with E-state index < -0.39 is 0 Å². The van der Waals surface area contributed by atoms with Crippen LogP contribution < -0.4 is 5.32 Å². The lowest BCUT2D eigenvalue weighted by atomic mass is 10.1. The molecule has 1 rings (SSSR count). The Hall–Kier alpha value is -0.220. The van der Waals surface area contributed by atoms with Crippen LogP contribution in [0.2, 0.25) is 0 Å². The average Bonchev–Trinajstić information content (AvgIpc) is 2.18. The molecule has 1 heterocycles. The molecule has 0 spiro atoms. The molecule has 0 aliphatic carbocycles. The highest BCUT2D eigenvalue weighted by atomic mass is 32.2. The van der Waals surface area contributed by atoms with E-state index in [2.05, 4.69) is 17.3 Å². The highest BCUT2D eigenvalue weighted by molar-refractivity contribution is 7.98. The molecule has 4 heteroatoms. The van der Waals surface area contributed by atoms with E-state index in [0.717, 1.165) is 31.7 Å². The molecule has 1 aliphatic rings. The molecule has 14 heavy (non-hydrogen) atoms. The number of likely N-dealkylation sites (tertiary alicyclic amines) is 1. The number of carbonyl (C=O) groups excluding carboxylic acids is 1. The zero-order chi connectivity index (χ0) is 10.4. The summed E-state index contributed by atoms with van der Waals surface area (Å²) in [5.41, 5.74) is 0. The fourth-order valence-corrected chi connectivity index (χ4v) is 2.04. The van der Waals surface area contributed by atoms with Crippen LogP contribution >= 0.6 is 11.8 Å². The molecule has 0 aromatic heterocycles. The highest BCUT2D eigenvalue weighted by Gasteiger charge is 2.17. The van der Waals surface area contributed by atoms with Gasteiger partial charge in [0, 0.05) is 18.2 Å². The summed E-state index contributed by atoms with van der Waals surface area (Å²) in [5, 5.41) is 3.10. The second-order valence-electron chi connectivity index (χ2n) is 3.89. The van der Waals surface area contributed by atoms with Crippen molar-refractivity contribution in [2.45, 2.75) is 25.3 Å². The molecule has 0 unspecified atom stereocenters. The number of nitrogens with zero attached hydrogens (tertiary/aromatic N) is 1. The van der Waals surface area contributed by atoms with Gasteiger partial charge in [0.15, 0.2) is 0 Å². The van der Waals surface area contributed by atoms with Crippen LogP contribution in [0.4, 0.5) is 0 Å². The van der Waals surface area contributed by atoms with Crippen molar-refractivity contribution in [3.63, 3.8) is 0 Å². The van der Waals surface area contributed by atoms with E-state index in [1.807, 2.05) is 6.26 Å². The van der Waals surface area contributed by atoms with E-state index in [4.69, 9.17) is 0 Å². The minimum Gasteiger partial charge on any atom is -0.353 e. The number of piperidine rings is 1. The summed E-state index contributed by atoms with van der Waals surface area (Å²) < 4.78 is 0. The van der Waals surface area contributed by atoms with Crippen LogP contribution in [-0.2, 0) is 4.79 Å². The predicted molar refractivity (Wildman–Crippen MR) is 61.7 cm³/mol. The first-order valence-corrected chi connectivity index (χ1v) is 6.58. The normalized spacial score (nSPS) is 19.6. The van der Waals surface area contributed by atoms with E-state index in [-0.39, 0.29) is 5.91 Å². The topological polar surface area (TPSA) is 32.3 Å². The molecular formula is C10H20N2OS. The summed E-state index contributed by atoms with van der Waals surface area (Å²) in [5.74, 6) is 1.15. The van der Waals surface area contributed by atoms with Crippen LogP contribution in [0.25, 0.3) is 0 Å². The van der Waals surface area contributed by atoms with Crippen molar-refractivity contribution in [1.29, 1.82) is 0 Å². The van der Waals surface area contributed by atoms with E-state index >= 15 is 0 Å². The maximum atomic E-state index is 11.4. The van der Waals surface area contributed by atoms with Crippen molar-refractivity contribution in [2.75, 3.05) is 32.1 Å². The molecule has 3 nitrogen and oxygen atoms in total. The summed E-state index contributed by atoms with van der Waals surface area (Å²) in [4.78, 5) is 13.7. The van der Waals surface area contributed by atoms with Gasteiger partial charge in [-0.15, -0.1) is 0 Å². The molecule has 0 radical (unpaired) electrons. The monoisotopic (exact) mass is 216 g/mol. The maximum Gasteiger partial charge on any atom is 0.221 e. The van der Waals surface area contributed by atoms with Gasteiger partial charge in [0.25, 0.3) is 0 Å². The van der Waals surface area contributed by atoms with Gasteiger partial charge in [0.1, 0.15) is 0 Å². The molecule has 0 saturated carbocycles. The van der Waals surface area contributed by atoms with E-state index in [1.165, 1.54) is 0 Å². The zero-order valence-electron chi connectivity index (χ0n) is 9.08. The Kier molecular flexibility index (Phi) is 5.33. The third-order valence-corrected chi connectivity index (χ3v) is 3.23. The SMILES string of the molecule is CSCCC(=O)NC1CCN(C)CC1. The first kappa shape index (κ1) is 11.9. The fourth-order valence-electron chi connectivity index (χ4n) is 1.65. The van der Waals surface area contributed by atoms with E-state index in [9.17, 15) is 4.79 Å². The van der Waals surface area contributed by atoms with E-state index in [0.29, 0.717) is 12.5 Å². The molecule has 1 aliphatic heterocycles. The summed E-state index contributed by atoms with van der Waals surface area (Å²) in [7, 11) is 2.13. The van der Waals surface area contributed by atoms with Crippen LogP contribution in [0.15, 0.2) is 0 Å². The number of thioether (sulfide) groups is 1. The van der Waals surface area contributed by atoms with Gasteiger partial charge < -0.3 is 10.2 Å². The average molecular weight is 216 g/mol. The Labute approximate surface area is 90.6 Å². The van der Waals surface area contributed by atoms with Crippen molar-refractivity contribution in [1.82, 2.24) is 10.2 Å². The van der Waals surface area contributed by atoms with Crippen LogP contribution in [0.3, 0.4) is 0 Å². The number of carbonyl (C=O) groups is 1. The van der Waals surface area contributed by atoms with Gasteiger partial charge in [-0.2, -0.15) is 11.8 Å². The molecule has 82 valence electrons. The third kappa shape index (κ3) is 4.33. The Morgan fingerprint density at radius 2 is 2.14 bits per heavy atom. The lowest BCUT2D eigenvalue weighted by Crippen LogP contribution is -2.43. The van der Waals surface area contributed by atoms with Gasteiger partial charge in [0.2, 0.25) is 5.91 Å². The van der Waals surface area contributed by atoms with Gasteiger partial charge in [-0.25, -0.2) is 0 Å². The Morgan fingerprint density at radius 1 is 1.50 bits per heavy atom. The van der Waals surface area contributed by atoms with Gasteiger partial charge >= 0.3 is 0 Å². The van der Waals surface area contributed by atoms with Crippen LogP contribution in [0.5, 0.6) is 0 Å². The van der Waals surface area contributed by atoms with Crippen LogP contribution in [0.1, 0.15) is 19.3 Å². The molecule has 1 amide bonds. The van der Waals surface area contributed by atoms with Gasteiger partial charge in [-0.05, 0) is 39.2 Å². The second kappa shape index (κ2) is 6.30. The lowest BCUT2D eigenvalue weighted by Gasteiger charge is -2.29. The van der Waals surface area contributed by atoms with Gasteiger partial charge in [-0.1, -0.05) is 0 Å². The first-order chi connectivity index (χ1) is 6.72. The summed E-state index contributed by atoms with van der Waals surface area (Å²) in [6.07, 6.45) is 4.89. The van der Waals surface area contributed by atoms with Crippen molar-refractivity contribution < 1.29 is 4.79 Å². The number of amides is 1. The standard InChI is InChI=1S/C10H20N2OS/c1-12-6-3-9(4-7-12)11-10(13)5-8-14-2/h9H,3-8H2,1-2H3,(H,11,13). The Bertz CT molecular complexity index is 179.